The van der Waals surface area contributed by atoms with Crippen molar-refractivity contribution >= 4 is 22.8 Å². The number of carbonyl (C=O) groups is 2. The van der Waals surface area contributed by atoms with Gasteiger partial charge in [-0.25, -0.2) is 4.79 Å². The highest BCUT2D eigenvalue weighted by Crippen LogP contribution is 2.26. The van der Waals surface area contributed by atoms with E-state index in [1.54, 1.807) is 18.2 Å². The number of aromatic carboxylic acids is 1. The van der Waals surface area contributed by atoms with Crippen molar-refractivity contribution in [3.05, 3.63) is 29.5 Å². The maximum Gasteiger partial charge on any atom is 0.352 e. The Morgan fingerprint density at radius 3 is 2.61 bits per heavy atom. The van der Waals surface area contributed by atoms with Crippen LogP contribution >= 0.6 is 0 Å². The molecule has 6 nitrogen and oxygen atoms in total. The zero-order valence-corrected chi connectivity index (χ0v) is 9.56. The quantitative estimate of drug-likeness (QED) is 0.762. The van der Waals surface area contributed by atoms with Gasteiger partial charge >= 0.3 is 11.9 Å². The second-order valence-electron chi connectivity index (χ2n) is 3.77. The van der Waals surface area contributed by atoms with E-state index < -0.39 is 11.9 Å². The zero-order chi connectivity index (χ0) is 13.3. The predicted octanol–water partition coefficient (Wildman–Crippen LogP) is 1.50. The van der Waals surface area contributed by atoms with Crippen LogP contribution in [0.4, 0.5) is 0 Å². The van der Waals surface area contributed by atoms with Crippen molar-refractivity contribution in [1.82, 2.24) is 4.98 Å². The average molecular weight is 249 g/mol. The number of H-pyrrole nitrogens is 1. The van der Waals surface area contributed by atoms with Crippen molar-refractivity contribution in [2.75, 3.05) is 7.11 Å². The minimum absolute atomic E-state index is 0.0966. The van der Waals surface area contributed by atoms with Crippen LogP contribution in [0.15, 0.2) is 18.2 Å². The fourth-order valence-corrected chi connectivity index (χ4v) is 1.88. The lowest BCUT2D eigenvalue weighted by atomic mass is 10.1. The van der Waals surface area contributed by atoms with E-state index >= 15 is 0 Å². The van der Waals surface area contributed by atoms with Gasteiger partial charge in [-0.1, -0.05) is 0 Å². The van der Waals surface area contributed by atoms with Gasteiger partial charge in [0.05, 0.1) is 19.0 Å². The van der Waals surface area contributed by atoms with Gasteiger partial charge in [0.15, 0.2) is 0 Å². The first kappa shape index (κ1) is 12.0. The Morgan fingerprint density at radius 2 is 2.06 bits per heavy atom. The van der Waals surface area contributed by atoms with Gasteiger partial charge in [0.2, 0.25) is 0 Å². The number of carboxylic acid groups (broad SMARTS) is 2. The molecule has 0 fully saturated rings. The Hall–Kier alpha value is -2.50. The third-order valence-electron chi connectivity index (χ3n) is 2.66. The second-order valence-corrected chi connectivity index (χ2v) is 3.77. The van der Waals surface area contributed by atoms with E-state index in [0.29, 0.717) is 16.7 Å². The molecule has 0 amide bonds. The normalized spacial score (nSPS) is 10.5. The first-order chi connectivity index (χ1) is 8.52. The van der Waals surface area contributed by atoms with Gasteiger partial charge in [-0.3, -0.25) is 4.79 Å². The summed E-state index contributed by atoms with van der Waals surface area (Å²) in [5, 5.41) is 18.5. The molecule has 0 radical (unpaired) electrons. The second kappa shape index (κ2) is 4.40. The fraction of sp³-hybridized carbons (Fsp3) is 0.167. The minimum Gasteiger partial charge on any atom is -0.497 e. The molecule has 0 unspecified atom stereocenters. The van der Waals surface area contributed by atoms with Crippen LogP contribution < -0.4 is 4.74 Å². The molecule has 0 spiro atoms. The smallest absolute Gasteiger partial charge is 0.352 e. The lowest BCUT2D eigenvalue weighted by molar-refractivity contribution is -0.136. The number of ether oxygens (including phenoxy) is 1. The Kier molecular flexibility index (Phi) is 2.93. The molecular weight excluding hydrogens is 238 g/mol. The standard InChI is InChI=1S/C12H11NO5/c1-18-6-2-3-7-8(5-10(14)15)11(12(16)17)13-9(7)4-6/h2-4,13H,5H2,1H3,(H,14,15)(H,16,17). The number of nitrogens with one attached hydrogen (secondary N) is 1. The van der Waals surface area contributed by atoms with Crippen LogP contribution in [0, 0.1) is 0 Å². The number of methoxy groups -OCH3 is 1. The van der Waals surface area contributed by atoms with Crippen molar-refractivity contribution in [3.8, 4) is 5.75 Å². The van der Waals surface area contributed by atoms with Crippen LogP contribution in [-0.2, 0) is 11.2 Å². The molecule has 6 heteroatoms. The highest BCUT2D eigenvalue weighted by Gasteiger charge is 2.19. The Bertz CT molecular complexity index is 629. The molecule has 1 aromatic heterocycles. The van der Waals surface area contributed by atoms with Crippen LogP contribution in [0.3, 0.4) is 0 Å². The van der Waals surface area contributed by atoms with E-state index in [-0.39, 0.29) is 17.7 Å². The zero-order valence-electron chi connectivity index (χ0n) is 9.56. The van der Waals surface area contributed by atoms with Crippen LogP contribution in [0.5, 0.6) is 5.75 Å². The summed E-state index contributed by atoms with van der Waals surface area (Å²) >= 11 is 0. The van der Waals surface area contributed by atoms with Gasteiger partial charge < -0.3 is 19.9 Å². The number of aromatic nitrogens is 1. The molecule has 0 bridgehead atoms. The fourth-order valence-electron chi connectivity index (χ4n) is 1.88. The summed E-state index contributed by atoms with van der Waals surface area (Å²) in [6.07, 6.45) is -0.339. The molecule has 1 aromatic carbocycles. The van der Waals surface area contributed by atoms with Gasteiger partial charge in [0, 0.05) is 17.0 Å². The van der Waals surface area contributed by atoms with Gasteiger partial charge in [-0.05, 0) is 12.1 Å². The Labute approximate surface area is 102 Å². The van der Waals surface area contributed by atoms with Crippen molar-refractivity contribution in [3.63, 3.8) is 0 Å². The maximum absolute atomic E-state index is 11.1. The first-order valence-corrected chi connectivity index (χ1v) is 5.16. The summed E-state index contributed by atoms with van der Waals surface area (Å²) in [7, 11) is 1.50. The molecule has 0 aliphatic carbocycles. The highest BCUT2D eigenvalue weighted by molar-refractivity contribution is 5.99. The molecule has 1 heterocycles. The van der Waals surface area contributed by atoms with Gasteiger partial charge in [0.25, 0.3) is 0 Å². The maximum atomic E-state index is 11.1. The monoisotopic (exact) mass is 249 g/mol. The molecule has 0 aliphatic heterocycles. The summed E-state index contributed by atoms with van der Waals surface area (Å²) in [6, 6.07) is 4.94. The van der Waals surface area contributed by atoms with Crippen LogP contribution in [0.2, 0.25) is 0 Å². The van der Waals surface area contributed by atoms with Gasteiger partial charge in [0.1, 0.15) is 11.4 Å². The number of hydrogen-bond acceptors (Lipinski definition) is 3. The SMILES string of the molecule is COc1ccc2c(CC(=O)O)c(C(=O)O)[nH]c2c1. The summed E-state index contributed by atoms with van der Waals surface area (Å²) in [4.78, 5) is 24.5. The molecule has 2 aromatic rings. The molecular formula is C12H11NO5. The summed E-state index contributed by atoms with van der Waals surface area (Å²) < 4.78 is 5.03. The Morgan fingerprint density at radius 1 is 1.33 bits per heavy atom. The number of aliphatic carboxylic acids is 1. The molecule has 18 heavy (non-hydrogen) atoms. The topological polar surface area (TPSA) is 99.6 Å². The third-order valence-corrected chi connectivity index (χ3v) is 2.66. The number of rotatable bonds is 4. The number of carboxylic acids is 2. The van der Waals surface area contributed by atoms with Gasteiger partial charge in [-0.15, -0.1) is 0 Å². The van der Waals surface area contributed by atoms with Crippen LogP contribution in [0.25, 0.3) is 10.9 Å². The summed E-state index contributed by atoms with van der Waals surface area (Å²) in [5.74, 6) is -1.68. The molecule has 0 aliphatic rings. The van der Waals surface area contributed by atoms with E-state index in [1.165, 1.54) is 7.11 Å². The molecule has 0 saturated carbocycles. The largest absolute Gasteiger partial charge is 0.497 e. The highest BCUT2D eigenvalue weighted by atomic mass is 16.5. The number of fused-ring (bicyclic) bond motifs is 1. The molecule has 94 valence electrons. The summed E-state index contributed by atoms with van der Waals surface area (Å²) in [6.45, 7) is 0. The van der Waals surface area contributed by atoms with Crippen LogP contribution in [0.1, 0.15) is 16.1 Å². The average Bonchev–Trinajstić information content (AvgIpc) is 2.66. The lowest BCUT2D eigenvalue weighted by Gasteiger charge is -1.99. The van der Waals surface area contributed by atoms with Crippen molar-refractivity contribution in [1.29, 1.82) is 0 Å². The molecule has 3 N–H and O–H groups in total. The van der Waals surface area contributed by atoms with Gasteiger partial charge in [-0.2, -0.15) is 0 Å². The lowest BCUT2D eigenvalue weighted by Crippen LogP contribution is -2.06. The molecule has 2 rings (SSSR count). The minimum atomic E-state index is -1.18. The first-order valence-electron chi connectivity index (χ1n) is 5.16. The number of benzene rings is 1. The third kappa shape index (κ3) is 2.00. The van der Waals surface area contributed by atoms with Crippen molar-refractivity contribution in [2.24, 2.45) is 0 Å². The molecule has 0 saturated heterocycles. The Balaban J connectivity index is 2.67. The van der Waals surface area contributed by atoms with E-state index in [1.807, 2.05) is 0 Å². The number of aromatic amines is 1. The van der Waals surface area contributed by atoms with Crippen molar-refractivity contribution < 1.29 is 24.5 Å². The molecule has 0 atom stereocenters. The van der Waals surface area contributed by atoms with Crippen LogP contribution in [-0.4, -0.2) is 34.2 Å². The van der Waals surface area contributed by atoms with E-state index in [2.05, 4.69) is 4.98 Å². The number of hydrogen-bond donors (Lipinski definition) is 3. The van der Waals surface area contributed by atoms with E-state index in [0.717, 1.165) is 0 Å². The summed E-state index contributed by atoms with van der Waals surface area (Å²) in [5.41, 5.74) is 0.719. The van der Waals surface area contributed by atoms with Crippen molar-refractivity contribution in [2.45, 2.75) is 6.42 Å². The van der Waals surface area contributed by atoms with E-state index in [4.69, 9.17) is 14.9 Å². The van der Waals surface area contributed by atoms with E-state index in [9.17, 15) is 9.59 Å². The predicted molar refractivity (Wildman–Crippen MR) is 63.1 cm³/mol.